The van der Waals surface area contributed by atoms with Crippen molar-refractivity contribution in [3.05, 3.63) is 90.4 Å². The van der Waals surface area contributed by atoms with E-state index >= 15 is 0 Å². The molecule has 168 valence electrons. The number of hydrogen-bond donors (Lipinski definition) is 1. The van der Waals surface area contributed by atoms with E-state index in [9.17, 15) is 0 Å². The Morgan fingerprint density at radius 2 is 1.76 bits per heavy atom. The van der Waals surface area contributed by atoms with Crippen LogP contribution in [0.5, 0.6) is 5.88 Å². The van der Waals surface area contributed by atoms with Crippen molar-refractivity contribution in [1.29, 1.82) is 0 Å². The lowest BCUT2D eigenvalue weighted by Gasteiger charge is -2.23. The van der Waals surface area contributed by atoms with Crippen LogP contribution in [0.25, 0.3) is 28.1 Å². The summed E-state index contributed by atoms with van der Waals surface area (Å²) in [6.07, 6.45) is 5.21. The molecule has 0 amide bonds. The van der Waals surface area contributed by atoms with Crippen LogP contribution in [0.3, 0.4) is 0 Å². The number of ether oxygens (including phenoxy) is 1. The monoisotopic (exact) mass is 447 g/mol. The fourth-order valence-electron chi connectivity index (χ4n) is 4.41. The minimum Gasteiger partial charge on any atom is -0.480 e. The number of hydrogen-bond acceptors (Lipinski definition) is 5. The van der Waals surface area contributed by atoms with Crippen molar-refractivity contribution < 1.29 is 4.74 Å². The van der Waals surface area contributed by atoms with E-state index in [-0.39, 0.29) is 0 Å². The molecule has 1 aliphatic heterocycles. The number of aromatic nitrogens is 3. The summed E-state index contributed by atoms with van der Waals surface area (Å²) in [6.45, 7) is 0. The molecule has 0 radical (unpaired) electrons. The van der Waals surface area contributed by atoms with E-state index in [1.54, 1.807) is 13.3 Å². The summed E-state index contributed by atoms with van der Waals surface area (Å²) in [5.41, 5.74) is 6.69. The van der Waals surface area contributed by atoms with Crippen LogP contribution in [0.15, 0.2) is 90.1 Å². The van der Waals surface area contributed by atoms with Gasteiger partial charge in [-0.25, -0.2) is 9.97 Å². The maximum atomic E-state index is 5.47. The predicted molar refractivity (Wildman–Crippen MR) is 135 cm³/mol. The highest BCUT2D eigenvalue weighted by atomic mass is 16.5. The normalized spacial score (nSPS) is 14.3. The van der Waals surface area contributed by atoms with E-state index in [1.807, 2.05) is 24.3 Å². The molecule has 0 unspecified atom stereocenters. The second-order valence-electron chi connectivity index (χ2n) is 8.53. The first kappa shape index (κ1) is 20.4. The summed E-state index contributed by atoms with van der Waals surface area (Å²) >= 11 is 0. The Balaban J connectivity index is 1.63. The van der Waals surface area contributed by atoms with Gasteiger partial charge in [0.05, 0.1) is 46.6 Å². The summed E-state index contributed by atoms with van der Waals surface area (Å²) in [5.74, 6) is 0.544. The Morgan fingerprint density at radius 3 is 2.56 bits per heavy atom. The number of fused-ring (bicyclic) bond motifs is 2. The molecule has 0 atom stereocenters. The molecule has 6 nitrogen and oxygen atoms in total. The van der Waals surface area contributed by atoms with Gasteiger partial charge in [0.2, 0.25) is 5.88 Å². The predicted octanol–water partition coefficient (Wildman–Crippen LogP) is 5.73. The van der Waals surface area contributed by atoms with Gasteiger partial charge < -0.3 is 14.6 Å². The van der Waals surface area contributed by atoms with Crippen molar-refractivity contribution in [3.8, 4) is 23.0 Å². The second-order valence-corrected chi connectivity index (χ2v) is 8.53. The van der Waals surface area contributed by atoms with E-state index in [0.717, 1.165) is 57.7 Å². The van der Waals surface area contributed by atoms with E-state index in [4.69, 9.17) is 14.7 Å². The molecule has 1 N–H and O–H groups in total. The molecule has 1 aromatic heterocycles. The molecular weight excluding hydrogens is 422 g/mol. The summed E-state index contributed by atoms with van der Waals surface area (Å²) in [5, 5.41) is 4.44. The quantitative estimate of drug-likeness (QED) is 0.350. The van der Waals surface area contributed by atoms with Crippen molar-refractivity contribution in [2.45, 2.75) is 25.3 Å². The maximum Gasteiger partial charge on any atom is 0.237 e. The number of pyridine rings is 1. The first-order chi connectivity index (χ1) is 16.8. The molecule has 2 heterocycles. The fourth-order valence-corrected chi connectivity index (χ4v) is 4.41. The summed E-state index contributed by atoms with van der Waals surface area (Å²) in [7, 11) is 1.63. The molecule has 6 heteroatoms. The van der Waals surface area contributed by atoms with Gasteiger partial charge in [-0.05, 0) is 67.8 Å². The summed E-state index contributed by atoms with van der Waals surface area (Å²) in [4.78, 5) is 14.5. The number of nitrogens with zero attached hydrogens (tertiary/aromatic N) is 4. The van der Waals surface area contributed by atoms with Gasteiger partial charge in [-0.3, -0.25) is 4.99 Å². The number of methoxy groups -OCH3 is 1. The van der Waals surface area contributed by atoms with Gasteiger partial charge in [-0.1, -0.05) is 30.3 Å². The fraction of sp³-hybridized carbons (Fsp3) is 0.179. The van der Waals surface area contributed by atoms with Crippen LogP contribution in [0.2, 0.25) is 0 Å². The van der Waals surface area contributed by atoms with Crippen molar-refractivity contribution in [3.63, 3.8) is 0 Å². The van der Waals surface area contributed by atoms with Gasteiger partial charge in [0.1, 0.15) is 5.69 Å². The van der Waals surface area contributed by atoms with Gasteiger partial charge in [0.25, 0.3) is 0 Å². The van der Waals surface area contributed by atoms with Crippen molar-refractivity contribution in [2.24, 2.45) is 4.99 Å². The molecule has 2 aromatic carbocycles. The van der Waals surface area contributed by atoms with Crippen LogP contribution in [0, 0.1) is 0 Å². The largest absolute Gasteiger partial charge is 0.480 e. The molecule has 0 spiro atoms. The number of rotatable bonds is 5. The van der Waals surface area contributed by atoms with Crippen LogP contribution in [0.1, 0.15) is 19.3 Å². The molecule has 0 saturated heterocycles. The average molecular weight is 448 g/mol. The molecule has 1 saturated carbocycles. The van der Waals surface area contributed by atoms with Gasteiger partial charge >= 0.3 is 0 Å². The lowest BCUT2D eigenvalue weighted by Crippen LogP contribution is -2.22. The third-order valence-electron chi connectivity index (χ3n) is 6.34. The van der Waals surface area contributed by atoms with Gasteiger partial charge in [-0.2, -0.15) is 0 Å². The van der Waals surface area contributed by atoms with Gasteiger partial charge in [0.15, 0.2) is 0 Å². The van der Waals surface area contributed by atoms with E-state index in [1.165, 1.54) is 6.42 Å². The Kier molecular flexibility index (Phi) is 5.18. The Labute approximate surface area is 198 Å². The molecule has 2 aliphatic carbocycles. The molecule has 3 aliphatic rings. The van der Waals surface area contributed by atoms with E-state index in [2.05, 4.69) is 69.5 Å². The average Bonchev–Trinajstić information content (AvgIpc) is 2.86. The Bertz CT molecular complexity index is 1500. The number of nitrogens with one attached hydrogen (secondary N) is 1. The molecular formula is C28H25N5O. The highest BCUT2D eigenvalue weighted by Crippen LogP contribution is 2.32. The van der Waals surface area contributed by atoms with E-state index in [0.29, 0.717) is 11.9 Å². The summed E-state index contributed by atoms with van der Waals surface area (Å²) in [6, 6.07) is 27.1. The zero-order valence-electron chi connectivity index (χ0n) is 19.0. The molecule has 34 heavy (non-hydrogen) atoms. The minimum atomic E-state index is 0.354. The molecule has 1 fully saturated rings. The smallest absolute Gasteiger partial charge is 0.237 e. The number of anilines is 2. The molecule has 0 bridgehead atoms. The lowest BCUT2D eigenvalue weighted by atomic mass is 9.94. The molecule has 3 aromatic rings. The van der Waals surface area contributed by atoms with Crippen LogP contribution < -0.4 is 15.4 Å². The lowest BCUT2D eigenvalue weighted by molar-refractivity contribution is 0.400. The maximum absolute atomic E-state index is 5.47. The zero-order valence-corrected chi connectivity index (χ0v) is 19.0. The Hall–Kier alpha value is -4.19. The third kappa shape index (κ3) is 3.67. The van der Waals surface area contributed by atoms with Gasteiger partial charge in [0, 0.05) is 11.9 Å². The van der Waals surface area contributed by atoms with Crippen LogP contribution in [-0.4, -0.2) is 27.7 Å². The van der Waals surface area contributed by atoms with Crippen molar-refractivity contribution >= 4 is 22.4 Å². The SMILES string of the molecule is COc1ncccc1Nc1cc2nc3ccccc3n(-c3ccccc3)c-2cc1=NC1CCC1. The first-order valence-electron chi connectivity index (χ1n) is 11.6. The number of para-hydroxylation sites is 3. The Morgan fingerprint density at radius 1 is 0.941 bits per heavy atom. The summed E-state index contributed by atoms with van der Waals surface area (Å²) < 4.78 is 7.74. The highest BCUT2D eigenvalue weighted by Gasteiger charge is 2.20. The zero-order chi connectivity index (χ0) is 22.9. The van der Waals surface area contributed by atoms with Crippen molar-refractivity contribution in [1.82, 2.24) is 14.5 Å². The van der Waals surface area contributed by atoms with Crippen LogP contribution in [-0.2, 0) is 0 Å². The van der Waals surface area contributed by atoms with Crippen LogP contribution >= 0.6 is 0 Å². The molecule has 6 rings (SSSR count). The third-order valence-corrected chi connectivity index (χ3v) is 6.34. The van der Waals surface area contributed by atoms with Crippen molar-refractivity contribution in [2.75, 3.05) is 12.4 Å². The van der Waals surface area contributed by atoms with Gasteiger partial charge in [-0.15, -0.1) is 0 Å². The van der Waals surface area contributed by atoms with Crippen LogP contribution in [0.4, 0.5) is 11.4 Å². The second kappa shape index (κ2) is 8.63. The highest BCUT2D eigenvalue weighted by molar-refractivity contribution is 5.84. The van der Waals surface area contributed by atoms with E-state index < -0.39 is 0 Å². The standard InChI is InChI=1S/C28H25N5O/c1-34-28-22(14-8-16-29-28)32-23-17-25-27(18-24(23)30-19-9-7-10-19)33(20-11-3-2-4-12-20)26-15-6-5-13-21(26)31-25/h2-6,8,11-19,32H,7,9-10H2,1H3. The number of benzene rings is 3. The minimum absolute atomic E-state index is 0.354. The first-order valence-corrected chi connectivity index (χ1v) is 11.6. The topological polar surface area (TPSA) is 64.3 Å².